The predicted molar refractivity (Wildman–Crippen MR) is 69.3 cm³/mol. The number of hydrogen-bond donors (Lipinski definition) is 2. The monoisotopic (exact) mass is 262 g/mol. The second kappa shape index (κ2) is 5.73. The average molecular weight is 262 g/mol. The minimum atomic E-state index is -1.52. The molecular weight excluding hydrogens is 250 g/mol. The van der Waals surface area contributed by atoms with Gasteiger partial charge in [0, 0.05) is 6.07 Å². The Morgan fingerprint density at radius 3 is 2.16 bits per heavy atom. The summed E-state index contributed by atoms with van der Waals surface area (Å²) in [6, 6.07) is 10.4. The number of benzene rings is 2. The summed E-state index contributed by atoms with van der Waals surface area (Å²) in [7, 11) is -0.134. The van der Waals surface area contributed by atoms with E-state index in [2.05, 4.69) is 0 Å². The molecule has 0 fully saturated rings. The molecule has 98 valence electrons. The molecular formula is C13H12BFO4. The molecule has 0 aliphatic heterocycles. The molecule has 4 nitrogen and oxygen atoms in total. The Balaban J connectivity index is 2.14. The van der Waals surface area contributed by atoms with Gasteiger partial charge in [-0.3, -0.25) is 0 Å². The van der Waals surface area contributed by atoms with Gasteiger partial charge in [0.05, 0.1) is 7.11 Å². The zero-order chi connectivity index (χ0) is 13.8. The lowest BCUT2D eigenvalue weighted by Gasteiger charge is -2.08. The Morgan fingerprint density at radius 2 is 1.63 bits per heavy atom. The fourth-order valence-electron chi connectivity index (χ4n) is 1.55. The van der Waals surface area contributed by atoms with Gasteiger partial charge in [0.2, 0.25) is 0 Å². The van der Waals surface area contributed by atoms with Crippen LogP contribution in [0, 0.1) is 5.82 Å². The first-order valence-corrected chi connectivity index (χ1v) is 5.57. The SMILES string of the molecule is COc1ccc(Oc2ccc(B(O)O)cc2)cc1F. The number of methoxy groups -OCH3 is 1. The van der Waals surface area contributed by atoms with Crippen molar-refractivity contribution in [1.29, 1.82) is 0 Å². The van der Waals surface area contributed by atoms with Gasteiger partial charge in [0.15, 0.2) is 11.6 Å². The lowest BCUT2D eigenvalue weighted by molar-refractivity contribution is 0.383. The first kappa shape index (κ1) is 13.4. The van der Waals surface area contributed by atoms with Crippen molar-refractivity contribution in [1.82, 2.24) is 0 Å². The number of rotatable bonds is 4. The van der Waals surface area contributed by atoms with E-state index in [4.69, 9.17) is 19.5 Å². The van der Waals surface area contributed by atoms with Gasteiger partial charge >= 0.3 is 7.12 Å². The lowest BCUT2D eigenvalue weighted by atomic mass is 9.80. The molecule has 0 saturated heterocycles. The van der Waals surface area contributed by atoms with Crippen molar-refractivity contribution in [3.8, 4) is 17.2 Å². The van der Waals surface area contributed by atoms with Crippen LogP contribution in [0.4, 0.5) is 4.39 Å². The molecule has 0 aliphatic rings. The van der Waals surface area contributed by atoms with Crippen molar-refractivity contribution in [3.05, 3.63) is 48.3 Å². The molecule has 0 spiro atoms. The van der Waals surface area contributed by atoms with Gasteiger partial charge in [-0.2, -0.15) is 0 Å². The highest BCUT2D eigenvalue weighted by molar-refractivity contribution is 6.58. The first-order chi connectivity index (χ1) is 9.10. The van der Waals surface area contributed by atoms with Gasteiger partial charge < -0.3 is 19.5 Å². The van der Waals surface area contributed by atoms with Gasteiger partial charge in [-0.15, -0.1) is 0 Å². The smallest absolute Gasteiger partial charge is 0.488 e. The molecule has 2 N–H and O–H groups in total. The molecule has 0 saturated carbocycles. The minimum Gasteiger partial charge on any atom is -0.494 e. The van der Waals surface area contributed by atoms with Gasteiger partial charge in [0.1, 0.15) is 11.5 Å². The van der Waals surface area contributed by atoms with Gasteiger partial charge in [-0.1, -0.05) is 12.1 Å². The lowest BCUT2D eigenvalue weighted by Crippen LogP contribution is -2.29. The topological polar surface area (TPSA) is 58.9 Å². The summed E-state index contributed by atoms with van der Waals surface area (Å²) in [4.78, 5) is 0. The highest BCUT2D eigenvalue weighted by Crippen LogP contribution is 2.26. The second-order valence-corrected chi connectivity index (χ2v) is 3.84. The molecule has 19 heavy (non-hydrogen) atoms. The Kier molecular flexibility index (Phi) is 4.04. The molecule has 0 atom stereocenters. The largest absolute Gasteiger partial charge is 0.494 e. The molecule has 0 radical (unpaired) electrons. The highest BCUT2D eigenvalue weighted by Gasteiger charge is 2.10. The second-order valence-electron chi connectivity index (χ2n) is 3.84. The van der Waals surface area contributed by atoms with Crippen molar-refractivity contribution in [3.63, 3.8) is 0 Å². The van der Waals surface area contributed by atoms with Gasteiger partial charge in [0.25, 0.3) is 0 Å². The molecule has 2 aromatic rings. The molecule has 2 aromatic carbocycles. The Morgan fingerprint density at radius 1 is 1.00 bits per heavy atom. The quantitative estimate of drug-likeness (QED) is 0.815. The van der Waals surface area contributed by atoms with Crippen LogP contribution in [0.2, 0.25) is 0 Å². The van der Waals surface area contributed by atoms with Crippen molar-refractivity contribution >= 4 is 12.6 Å². The highest BCUT2D eigenvalue weighted by atomic mass is 19.1. The molecule has 0 aliphatic carbocycles. The van der Waals surface area contributed by atoms with Crippen molar-refractivity contribution in [2.45, 2.75) is 0 Å². The van der Waals surface area contributed by atoms with E-state index in [-0.39, 0.29) is 5.75 Å². The summed E-state index contributed by atoms with van der Waals surface area (Å²) >= 11 is 0. The van der Waals surface area contributed by atoms with Crippen LogP contribution in [0.1, 0.15) is 0 Å². The molecule has 0 unspecified atom stereocenters. The van der Waals surface area contributed by atoms with Crippen LogP contribution in [-0.4, -0.2) is 24.3 Å². The van der Waals surface area contributed by atoms with Crippen LogP contribution in [0.5, 0.6) is 17.2 Å². The maximum absolute atomic E-state index is 13.5. The third-order valence-corrected chi connectivity index (χ3v) is 2.54. The van der Waals surface area contributed by atoms with E-state index in [1.54, 1.807) is 18.2 Å². The summed E-state index contributed by atoms with van der Waals surface area (Å²) in [5.74, 6) is 0.429. The Labute approximate surface area is 110 Å². The molecule has 0 amide bonds. The van der Waals surface area contributed by atoms with E-state index in [1.807, 2.05) is 0 Å². The van der Waals surface area contributed by atoms with Gasteiger partial charge in [-0.25, -0.2) is 4.39 Å². The molecule has 0 bridgehead atoms. The maximum Gasteiger partial charge on any atom is 0.488 e. The van der Waals surface area contributed by atoms with Crippen molar-refractivity contribution in [2.75, 3.05) is 7.11 Å². The third-order valence-electron chi connectivity index (χ3n) is 2.54. The summed E-state index contributed by atoms with van der Waals surface area (Å²) < 4.78 is 23.7. The fraction of sp³-hybridized carbons (Fsp3) is 0.0769. The molecule has 6 heteroatoms. The summed E-state index contributed by atoms with van der Waals surface area (Å²) in [5.41, 5.74) is 0.355. The zero-order valence-electron chi connectivity index (χ0n) is 10.2. The summed E-state index contributed by atoms with van der Waals surface area (Å²) in [5, 5.41) is 17.9. The first-order valence-electron chi connectivity index (χ1n) is 5.57. The van der Waals surface area contributed by atoms with E-state index >= 15 is 0 Å². The van der Waals surface area contributed by atoms with Gasteiger partial charge in [-0.05, 0) is 29.7 Å². The van der Waals surface area contributed by atoms with Crippen LogP contribution in [0.15, 0.2) is 42.5 Å². The van der Waals surface area contributed by atoms with E-state index in [0.29, 0.717) is 17.0 Å². The summed E-state index contributed by atoms with van der Waals surface area (Å²) in [6.45, 7) is 0. The van der Waals surface area contributed by atoms with Crippen LogP contribution in [-0.2, 0) is 0 Å². The number of hydrogen-bond acceptors (Lipinski definition) is 4. The standard InChI is InChI=1S/C13H12BFO4/c1-18-13-7-6-11(8-12(13)15)19-10-4-2-9(3-5-10)14(16)17/h2-8,16-17H,1H3. The Bertz CT molecular complexity index is 557. The number of halogens is 1. The molecule has 2 rings (SSSR count). The Hall–Kier alpha value is -2.05. The average Bonchev–Trinajstić information content (AvgIpc) is 2.39. The van der Waals surface area contributed by atoms with Crippen molar-refractivity contribution < 1.29 is 23.9 Å². The van der Waals surface area contributed by atoms with E-state index in [0.717, 1.165) is 0 Å². The third kappa shape index (κ3) is 3.24. The zero-order valence-corrected chi connectivity index (χ0v) is 10.2. The van der Waals surface area contributed by atoms with Crippen LogP contribution >= 0.6 is 0 Å². The minimum absolute atomic E-state index is 0.145. The van der Waals surface area contributed by atoms with E-state index in [9.17, 15) is 4.39 Å². The van der Waals surface area contributed by atoms with Crippen molar-refractivity contribution in [2.24, 2.45) is 0 Å². The predicted octanol–water partition coefficient (Wildman–Crippen LogP) is 1.31. The number of ether oxygens (including phenoxy) is 2. The maximum atomic E-state index is 13.5. The van der Waals surface area contributed by atoms with Crippen LogP contribution < -0.4 is 14.9 Å². The van der Waals surface area contributed by atoms with E-state index < -0.39 is 12.9 Å². The van der Waals surface area contributed by atoms with Crippen LogP contribution in [0.25, 0.3) is 0 Å². The molecule has 0 heterocycles. The summed E-state index contributed by atoms with van der Waals surface area (Å²) in [6.07, 6.45) is 0. The van der Waals surface area contributed by atoms with E-state index in [1.165, 1.54) is 31.4 Å². The fourth-order valence-corrected chi connectivity index (χ4v) is 1.55. The molecule has 0 aromatic heterocycles. The van der Waals surface area contributed by atoms with Crippen LogP contribution in [0.3, 0.4) is 0 Å². The normalized spacial score (nSPS) is 10.1.